The molecule has 3 rings (SSSR count). The maximum atomic E-state index is 5.61. The lowest BCUT2D eigenvalue weighted by Crippen LogP contribution is -2.41. The van der Waals surface area contributed by atoms with Crippen molar-refractivity contribution < 1.29 is 4.74 Å². The predicted molar refractivity (Wildman–Crippen MR) is 108 cm³/mol. The van der Waals surface area contributed by atoms with E-state index in [1.165, 1.54) is 18.4 Å². The number of hydrogen-bond acceptors (Lipinski definition) is 4. The minimum atomic E-state index is 0. The lowest BCUT2D eigenvalue weighted by molar-refractivity contribution is 0.156. The van der Waals surface area contributed by atoms with Crippen LogP contribution in [0.25, 0.3) is 0 Å². The van der Waals surface area contributed by atoms with Crippen LogP contribution in [-0.2, 0) is 11.3 Å². The second-order valence-corrected chi connectivity index (χ2v) is 6.76. The number of guanidine groups is 1. The molecule has 24 heavy (non-hydrogen) atoms. The number of nitrogens with zero attached hydrogens (tertiary/aromatic N) is 4. The Bertz CT molecular complexity index is 572. The maximum Gasteiger partial charge on any atom is 0.193 e. The van der Waals surface area contributed by atoms with Crippen molar-refractivity contribution in [3.8, 4) is 0 Å². The normalized spacial score (nSPS) is 23.5. The van der Waals surface area contributed by atoms with E-state index >= 15 is 0 Å². The molecule has 0 radical (unpaired) electrons. The molecule has 2 fully saturated rings. The van der Waals surface area contributed by atoms with E-state index in [0.29, 0.717) is 5.41 Å². The van der Waals surface area contributed by atoms with E-state index in [0.717, 1.165) is 44.6 Å². The van der Waals surface area contributed by atoms with Gasteiger partial charge >= 0.3 is 0 Å². The van der Waals surface area contributed by atoms with Gasteiger partial charge in [0, 0.05) is 64.6 Å². The third kappa shape index (κ3) is 4.11. The second kappa shape index (κ2) is 8.33. The van der Waals surface area contributed by atoms with Crippen molar-refractivity contribution in [3.05, 3.63) is 23.9 Å². The summed E-state index contributed by atoms with van der Waals surface area (Å²) in [7, 11) is 5.89. The van der Waals surface area contributed by atoms with Crippen LogP contribution in [0.5, 0.6) is 0 Å². The molecule has 0 saturated carbocycles. The third-order valence-electron chi connectivity index (χ3n) is 4.86. The Balaban J connectivity index is 0.00000208. The van der Waals surface area contributed by atoms with E-state index in [4.69, 9.17) is 4.74 Å². The molecule has 1 aromatic rings. The molecule has 0 bridgehead atoms. The average Bonchev–Trinajstić information content (AvgIpc) is 3.19. The molecule has 6 nitrogen and oxygen atoms in total. The number of likely N-dealkylation sites (tertiary alicyclic amines) is 1. The number of rotatable bonds is 3. The van der Waals surface area contributed by atoms with E-state index in [1.807, 2.05) is 38.3 Å². The van der Waals surface area contributed by atoms with Crippen molar-refractivity contribution in [1.82, 2.24) is 15.2 Å². The summed E-state index contributed by atoms with van der Waals surface area (Å²) in [5.74, 6) is 1.97. The zero-order chi connectivity index (χ0) is 16.3. The Morgan fingerprint density at radius 3 is 2.96 bits per heavy atom. The highest BCUT2D eigenvalue weighted by atomic mass is 127. The molecule has 0 aromatic carbocycles. The Morgan fingerprint density at radius 2 is 2.29 bits per heavy atom. The van der Waals surface area contributed by atoms with Crippen molar-refractivity contribution in [3.63, 3.8) is 0 Å². The molecule has 0 amide bonds. The summed E-state index contributed by atoms with van der Waals surface area (Å²) in [5, 5.41) is 3.50. The number of aliphatic imine (C=N–C) groups is 1. The number of hydrogen-bond donors (Lipinski definition) is 1. The third-order valence-corrected chi connectivity index (χ3v) is 4.86. The first-order valence-electron chi connectivity index (χ1n) is 8.28. The van der Waals surface area contributed by atoms with Gasteiger partial charge in [-0.2, -0.15) is 0 Å². The van der Waals surface area contributed by atoms with Gasteiger partial charge in [-0.1, -0.05) is 6.07 Å². The first-order valence-corrected chi connectivity index (χ1v) is 8.28. The van der Waals surface area contributed by atoms with E-state index in [9.17, 15) is 0 Å². The fraction of sp³-hybridized carbons (Fsp3) is 0.647. The van der Waals surface area contributed by atoms with Crippen LogP contribution in [0.15, 0.2) is 23.3 Å². The van der Waals surface area contributed by atoms with Crippen LogP contribution in [0, 0.1) is 5.41 Å². The summed E-state index contributed by atoms with van der Waals surface area (Å²) in [6, 6.07) is 4.09. The van der Waals surface area contributed by atoms with Crippen LogP contribution in [0.3, 0.4) is 0 Å². The predicted octanol–water partition coefficient (Wildman–Crippen LogP) is 1.95. The van der Waals surface area contributed by atoms with Gasteiger partial charge in [-0.05, 0) is 18.9 Å². The largest absolute Gasteiger partial charge is 0.381 e. The highest BCUT2D eigenvalue weighted by Gasteiger charge is 2.42. The van der Waals surface area contributed by atoms with Crippen LogP contribution in [0.4, 0.5) is 5.82 Å². The van der Waals surface area contributed by atoms with Crippen molar-refractivity contribution in [2.24, 2.45) is 10.4 Å². The number of nitrogens with one attached hydrogen (secondary N) is 1. The van der Waals surface area contributed by atoms with Crippen molar-refractivity contribution in [1.29, 1.82) is 0 Å². The van der Waals surface area contributed by atoms with E-state index in [2.05, 4.69) is 26.3 Å². The lowest BCUT2D eigenvalue weighted by atomic mass is 9.87. The van der Waals surface area contributed by atoms with Crippen LogP contribution in [0.1, 0.15) is 18.4 Å². The average molecular weight is 445 g/mol. The van der Waals surface area contributed by atoms with E-state index < -0.39 is 0 Å². The van der Waals surface area contributed by atoms with Crippen LogP contribution < -0.4 is 10.2 Å². The van der Waals surface area contributed by atoms with Gasteiger partial charge in [-0.15, -0.1) is 24.0 Å². The van der Waals surface area contributed by atoms with Gasteiger partial charge in [0.05, 0.1) is 6.61 Å². The molecular formula is C17H28IN5O. The van der Waals surface area contributed by atoms with Crippen molar-refractivity contribution in [2.45, 2.75) is 19.4 Å². The number of ether oxygens (including phenoxy) is 1. The van der Waals surface area contributed by atoms with Gasteiger partial charge in [0.1, 0.15) is 5.82 Å². The Hall–Kier alpha value is -1.09. The van der Waals surface area contributed by atoms with Crippen molar-refractivity contribution >= 4 is 35.8 Å². The van der Waals surface area contributed by atoms with Crippen LogP contribution in [0.2, 0.25) is 0 Å². The minimum absolute atomic E-state index is 0. The molecule has 1 spiro atoms. The van der Waals surface area contributed by atoms with E-state index in [-0.39, 0.29) is 24.0 Å². The number of anilines is 1. The van der Waals surface area contributed by atoms with Crippen molar-refractivity contribution in [2.75, 3.05) is 52.3 Å². The molecular weight excluding hydrogens is 417 g/mol. The monoisotopic (exact) mass is 445 g/mol. The van der Waals surface area contributed by atoms with Gasteiger partial charge in [-0.25, -0.2) is 4.98 Å². The first kappa shape index (κ1) is 19.2. The highest BCUT2D eigenvalue weighted by molar-refractivity contribution is 14.0. The molecule has 2 aliphatic rings. The smallest absolute Gasteiger partial charge is 0.193 e. The first-order chi connectivity index (χ1) is 11.1. The van der Waals surface area contributed by atoms with Crippen LogP contribution in [-0.4, -0.2) is 63.3 Å². The molecule has 2 saturated heterocycles. The zero-order valence-electron chi connectivity index (χ0n) is 14.8. The Kier molecular flexibility index (Phi) is 6.68. The molecule has 3 heterocycles. The van der Waals surface area contributed by atoms with Gasteiger partial charge in [0.25, 0.3) is 0 Å². The highest BCUT2D eigenvalue weighted by Crippen LogP contribution is 2.38. The van der Waals surface area contributed by atoms with E-state index in [1.54, 1.807) is 0 Å². The van der Waals surface area contributed by atoms with Gasteiger partial charge in [0.2, 0.25) is 0 Å². The molecule has 1 aromatic heterocycles. The molecule has 134 valence electrons. The standard InChI is InChI=1S/C17H27N5O.HI/c1-18-16(22-9-6-17(12-22)7-10-23-13-17)20-11-14-5-4-8-19-15(14)21(2)3;/h4-5,8H,6-7,9-13H2,1-3H3,(H,18,20);1H. The zero-order valence-corrected chi connectivity index (χ0v) is 17.1. The number of aromatic nitrogens is 1. The Labute approximate surface area is 161 Å². The molecule has 1 unspecified atom stereocenters. The fourth-order valence-electron chi connectivity index (χ4n) is 3.56. The summed E-state index contributed by atoms with van der Waals surface area (Å²) in [5.41, 5.74) is 1.53. The summed E-state index contributed by atoms with van der Waals surface area (Å²) in [6.07, 6.45) is 4.20. The van der Waals surface area contributed by atoms with Gasteiger partial charge < -0.3 is 19.9 Å². The second-order valence-electron chi connectivity index (χ2n) is 6.76. The quantitative estimate of drug-likeness (QED) is 0.438. The van der Waals surface area contributed by atoms with Gasteiger partial charge in [-0.3, -0.25) is 4.99 Å². The summed E-state index contributed by atoms with van der Waals surface area (Å²) < 4.78 is 5.61. The van der Waals surface area contributed by atoms with Crippen LogP contribution >= 0.6 is 24.0 Å². The minimum Gasteiger partial charge on any atom is -0.381 e. The number of pyridine rings is 1. The lowest BCUT2D eigenvalue weighted by Gasteiger charge is -2.25. The fourth-order valence-corrected chi connectivity index (χ4v) is 3.56. The Morgan fingerprint density at radius 1 is 1.46 bits per heavy atom. The molecule has 2 aliphatic heterocycles. The molecule has 1 atom stereocenters. The summed E-state index contributed by atoms with van der Waals surface area (Å²) >= 11 is 0. The maximum absolute atomic E-state index is 5.61. The number of halogens is 1. The molecule has 0 aliphatic carbocycles. The SMILES string of the molecule is CN=C(NCc1cccnc1N(C)C)N1CCC2(CCOC2)C1.I. The summed E-state index contributed by atoms with van der Waals surface area (Å²) in [4.78, 5) is 13.3. The summed E-state index contributed by atoms with van der Waals surface area (Å²) in [6.45, 7) is 4.63. The molecule has 1 N–H and O–H groups in total. The van der Waals surface area contributed by atoms with Gasteiger partial charge in [0.15, 0.2) is 5.96 Å². The molecule has 7 heteroatoms. The topological polar surface area (TPSA) is 53.0 Å².